The van der Waals surface area contributed by atoms with Crippen LogP contribution in [-0.4, -0.2) is 39.5 Å². The van der Waals surface area contributed by atoms with Crippen molar-refractivity contribution < 1.29 is 13.2 Å². The lowest BCUT2D eigenvalue weighted by molar-refractivity contribution is 0.0952. The Labute approximate surface area is 162 Å². The molecule has 3 N–H and O–H groups in total. The molecule has 0 bridgehead atoms. The van der Waals surface area contributed by atoms with Gasteiger partial charge in [0.15, 0.2) is 0 Å². The van der Waals surface area contributed by atoms with Crippen molar-refractivity contribution in [3.8, 4) is 0 Å². The topological polar surface area (TPSA) is 87.3 Å². The van der Waals surface area contributed by atoms with Crippen LogP contribution in [0.15, 0.2) is 23.1 Å². The normalized spacial score (nSPS) is 18.9. The number of amides is 1. The van der Waals surface area contributed by atoms with E-state index in [0.717, 1.165) is 24.9 Å². The second kappa shape index (κ2) is 9.17. The molecule has 27 heavy (non-hydrogen) atoms. The van der Waals surface area contributed by atoms with Gasteiger partial charge in [-0.3, -0.25) is 4.79 Å². The fourth-order valence-electron chi connectivity index (χ4n) is 3.53. The minimum absolute atomic E-state index is 0.0450. The average Bonchev–Trinajstić information content (AvgIpc) is 3.46. The third-order valence-electron chi connectivity index (χ3n) is 5.36. The van der Waals surface area contributed by atoms with E-state index in [-0.39, 0.29) is 16.8 Å². The van der Waals surface area contributed by atoms with Crippen molar-refractivity contribution in [2.75, 3.05) is 13.1 Å². The average molecular weight is 394 g/mol. The lowest BCUT2D eigenvalue weighted by atomic mass is 10.1. The van der Waals surface area contributed by atoms with Crippen LogP contribution in [0.4, 0.5) is 0 Å². The zero-order valence-corrected chi connectivity index (χ0v) is 16.9. The first-order valence-corrected chi connectivity index (χ1v) is 11.6. The highest BCUT2D eigenvalue weighted by molar-refractivity contribution is 7.89. The van der Waals surface area contributed by atoms with E-state index < -0.39 is 10.0 Å². The quantitative estimate of drug-likeness (QED) is 0.468. The van der Waals surface area contributed by atoms with Crippen LogP contribution in [-0.2, 0) is 10.0 Å². The largest absolute Gasteiger partial charge is 0.351 e. The molecular formula is C20H31N3O3S. The maximum Gasteiger partial charge on any atom is 0.251 e. The highest BCUT2D eigenvalue weighted by Gasteiger charge is 2.28. The molecule has 0 saturated heterocycles. The summed E-state index contributed by atoms with van der Waals surface area (Å²) in [7, 11) is -3.56. The Kier molecular flexibility index (Phi) is 6.89. The first-order chi connectivity index (χ1) is 13.0. The summed E-state index contributed by atoms with van der Waals surface area (Å²) in [5, 5.41) is 6.44. The van der Waals surface area contributed by atoms with Crippen molar-refractivity contribution in [2.24, 2.45) is 0 Å². The Hall–Kier alpha value is -1.44. The van der Waals surface area contributed by atoms with Gasteiger partial charge in [-0.2, -0.15) is 0 Å². The Morgan fingerprint density at radius 2 is 1.70 bits per heavy atom. The van der Waals surface area contributed by atoms with Crippen LogP contribution in [0.3, 0.4) is 0 Å². The minimum atomic E-state index is -3.56. The van der Waals surface area contributed by atoms with Crippen LogP contribution in [0, 0.1) is 6.92 Å². The van der Waals surface area contributed by atoms with E-state index in [1.807, 2.05) is 6.92 Å². The van der Waals surface area contributed by atoms with E-state index in [1.165, 1.54) is 44.6 Å². The molecule has 0 aromatic heterocycles. The summed E-state index contributed by atoms with van der Waals surface area (Å²) >= 11 is 0. The lowest BCUT2D eigenvalue weighted by Crippen LogP contribution is -2.37. The Morgan fingerprint density at radius 3 is 2.37 bits per heavy atom. The van der Waals surface area contributed by atoms with Crippen LogP contribution in [0.5, 0.6) is 0 Å². The van der Waals surface area contributed by atoms with Crippen LogP contribution >= 0.6 is 0 Å². The highest BCUT2D eigenvalue weighted by atomic mass is 32.2. The predicted octanol–water partition coefficient (Wildman–Crippen LogP) is 2.48. The van der Waals surface area contributed by atoms with Gasteiger partial charge in [0.05, 0.1) is 4.90 Å². The maximum atomic E-state index is 12.5. The summed E-state index contributed by atoms with van der Waals surface area (Å²) in [4.78, 5) is 12.7. The second-order valence-corrected chi connectivity index (χ2v) is 9.48. The molecule has 2 saturated carbocycles. The van der Waals surface area contributed by atoms with E-state index >= 15 is 0 Å². The van der Waals surface area contributed by atoms with E-state index in [0.29, 0.717) is 18.2 Å². The summed E-state index contributed by atoms with van der Waals surface area (Å²) in [6.07, 6.45) is 9.38. The molecule has 150 valence electrons. The van der Waals surface area contributed by atoms with Crippen LogP contribution in [0.2, 0.25) is 0 Å². The smallest absolute Gasteiger partial charge is 0.251 e. The van der Waals surface area contributed by atoms with Crippen molar-refractivity contribution in [1.82, 2.24) is 15.4 Å². The van der Waals surface area contributed by atoms with Gasteiger partial charge in [-0.1, -0.05) is 31.7 Å². The maximum absolute atomic E-state index is 12.5. The summed E-state index contributed by atoms with van der Waals surface area (Å²) in [6, 6.07) is 5.33. The van der Waals surface area contributed by atoms with Crippen LogP contribution < -0.4 is 15.4 Å². The Bertz CT molecular complexity index is 752. The van der Waals surface area contributed by atoms with Gasteiger partial charge in [0.25, 0.3) is 5.91 Å². The summed E-state index contributed by atoms with van der Waals surface area (Å²) in [5.41, 5.74) is 1.19. The minimum Gasteiger partial charge on any atom is -0.351 e. The fourth-order valence-corrected chi connectivity index (χ4v) is 4.86. The first kappa shape index (κ1) is 20.3. The van der Waals surface area contributed by atoms with E-state index in [4.69, 9.17) is 0 Å². The van der Waals surface area contributed by atoms with Gasteiger partial charge in [0.1, 0.15) is 0 Å². The second-order valence-electron chi connectivity index (χ2n) is 7.77. The molecule has 1 aromatic rings. The third kappa shape index (κ3) is 6.02. The third-order valence-corrected chi connectivity index (χ3v) is 6.88. The number of sulfonamides is 1. The number of nitrogens with one attached hydrogen (secondary N) is 3. The van der Waals surface area contributed by atoms with Crippen molar-refractivity contribution >= 4 is 15.9 Å². The molecule has 2 aliphatic carbocycles. The number of hydrogen-bond acceptors (Lipinski definition) is 4. The van der Waals surface area contributed by atoms with E-state index in [2.05, 4.69) is 15.4 Å². The van der Waals surface area contributed by atoms with Gasteiger partial charge in [-0.15, -0.1) is 0 Å². The van der Waals surface area contributed by atoms with Gasteiger partial charge in [0, 0.05) is 30.7 Å². The number of hydrogen-bond donors (Lipinski definition) is 3. The fraction of sp³-hybridized carbons (Fsp3) is 0.650. The SMILES string of the molecule is Cc1ccc(S(=O)(=O)NC2CC2)cc1C(=O)NCCNC1CCCCCC1. The van der Waals surface area contributed by atoms with Crippen molar-refractivity contribution in [3.05, 3.63) is 29.3 Å². The van der Waals surface area contributed by atoms with Crippen LogP contribution in [0.25, 0.3) is 0 Å². The number of benzene rings is 1. The van der Waals surface area contributed by atoms with Gasteiger partial charge in [-0.05, 0) is 50.3 Å². The molecule has 1 aromatic carbocycles. The molecule has 0 aliphatic heterocycles. The van der Waals surface area contributed by atoms with Crippen molar-refractivity contribution in [3.63, 3.8) is 0 Å². The zero-order chi connectivity index (χ0) is 19.3. The zero-order valence-electron chi connectivity index (χ0n) is 16.1. The number of aryl methyl sites for hydroxylation is 1. The van der Waals surface area contributed by atoms with Gasteiger partial charge in [0.2, 0.25) is 10.0 Å². The summed E-state index contributed by atoms with van der Waals surface area (Å²) in [5.74, 6) is -0.223. The van der Waals surface area contributed by atoms with Crippen molar-refractivity contribution in [1.29, 1.82) is 0 Å². The highest BCUT2D eigenvalue weighted by Crippen LogP contribution is 2.23. The Balaban J connectivity index is 1.53. The van der Waals surface area contributed by atoms with Crippen LogP contribution in [0.1, 0.15) is 67.3 Å². The van der Waals surface area contributed by atoms with E-state index in [1.54, 1.807) is 12.1 Å². The van der Waals surface area contributed by atoms with Gasteiger partial charge in [-0.25, -0.2) is 13.1 Å². The molecule has 0 spiro atoms. The summed E-state index contributed by atoms with van der Waals surface area (Å²) in [6.45, 7) is 3.09. The molecule has 6 nitrogen and oxygen atoms in total. The van der Waals surface area contributed by atoms with Crippen molar-refractivity contribution in [2.45, 2.75) is 75.3 Å². The first-order valence-electron chi connectivity index (χ1n) is 10.1. The molecule has 7 heteroatoms. The lowest BCUT2D eigenvalue weighted by Gasteiger charge is -2.16. The molecule has 0 atom stereocenters. The number of carbonyl (C=O) groups excluding carboxylic acids is 1. The molecule has 3 rings (SSSR count). The molecule has 2 fully saturated rings. The number of carbonyl (C=O) groups is 1. The number of rotatable bonds is 8. The standard InChI is InChI=1S/C20H31N3O3S/c1-15-8-11-18(27(25,26)23-17-9-10-17)14-19(15)20(24)22-13-12-21-16-6-4-2-3-5-7-16/h8,11,14,16-17,21,23H,2-7,9-10,12-13H2,1H3,(H,22,24). The molecule has 2 aliphatic rings. The van der Waals surface area contributed by atoms with Gasteiger partial charge < -0.3 is 10.6 Å². The predicted molar refractivity (Wildman–Crippen MR) is 106 cm³/mol. The molecular weight excluding hydrogens is 362 g/mol. The van der Waals surface area contributed by atoms with E-state index in [9.17, 15) is 13.2 Å². The Morgan fingerprint density at radius 1 is 1.00 bits per heavy atom. The molecule has 1 amide bonds. The summed E-state index contributed by atoms with van der Waals surface area (Å²) < 4.78 is 27.4. The van der Waals surface area contributed by atoms with Gasteiger partial charge >= 0.3 is 0 Å². The molecule has 0 radical (unpaired) electrons. The molecule has 0 heterocycles. The monoisotopic (exact) mass is 393 g/mol. The molecule has 0 unspecified atom stereocenters.